The first-order valence-electron chi connectivity index (χ1n) is 9.57. The van der Waals surface area contributed by atoms with Crippen LogP contribution in [0.4, 0.5) is 0 Å². The molecule has 0 spiro atoms. The number of nitrogens with zero attached hydrogens (tertiary/aromatic N) is 6. The minimum Gasteiger partial charge on any atom is -0.493 e. The number of fused-ring (bicyclic) bond motifs is 1. The van der Waals surface area contributed by atoms with E-state index >= 15 is 0 Å². The topological polar surface area (TPSA) is 142 Å². The number of nitrogens with one attached hydrogen (secondary N) is 1. The summed E-state index contributed by atoms with van der Waals surface area (Å²) < 4.78 is 17.8. The van der Waals surface area contributed by atoms with E-state index in [-0.39, 0.29) is 19.1 Å². The van der Waals surface area contributed by atoms with Gasteiger partial charge in [0.05, 0.1) is 20.8 Å². The van der Waals surface area contributed by atoms with Crippen molar-refractivity contribution in [2.75, 3.05) is 27.4 Å². The lowest BCUT2D eigenvalue weighted by Crippen LogP contribution is -2.35. The lowest BCUT2D eigenvalue weighted by Gasteiger charge is -2.11. The van der Waals surface area contributed by atoms with Crippen molar-refractivity contribution in [1.82, 2.24) is 25.1 Å². The van der Waals surface area contributed by atoms with Gasteiger partial charge < -0.3 is 19.5 Å². The number of carbonyl (C=O) groups is 2. The predicted molar refractivity (Wildman–Crippen MR) is 111 cm³/mol. The van der Waals surface area contributed by atoms with Crippen LogP contribution in [0.5, 0.6) is 17.4 Å². The predicted octanol–water partition coefficient (Wildman–Crippen LogP) is 1.22. The molecule has 1 N–H and O–H groups in total. The van der Waals surface area contributed by atoms with Gasteiger partial charge in [-0.05, 0) is 30.3 Å². The van der Waals surface area contributed by atoms with Gasteiger partial charge in [-0.3, -0.25) is 9.59 Å². The highest BCUT2D eigenvalue weighted by Crippen LogP contribution is 2.31. The Balaban J connectivity index is 1.42. The molecule has 4 rings (SSSR count). The van der Waals surface area contributed by atoms with Gasteiger partial charge in [-0.2, -0.15) is 9.63 Å². The number of hydrogen-bond donors (Lipinski definition) is 1. The van der Waals surface area contributed by atoms with Gasteiger partial charge >= 0.3 is 0 Å². The highest BCUT2D eigenvalue weighted by molar-refractivity contribution is 5.92. The average Bonchev–Trinajstić information content (AvgIpc) is 3.25. The maximum atomic E-state index is 12.0. The molecule has 2 aromatic heterocycles. The third-order valence-electron chi connectivity index (χ3n) is 4.50. The second kappa shape index (κ2) is 9.20. The summed E-state index contributed by atoms with van der Waals surface area (Å²) in [5, 5.41) is 22.4. The number of azo groups is 1. The second-order valence-corrected chi connectivity index (χ2v) is 6.53. The first-order chi connectivity index (χ1) is 15.6. The summed E-state index contributed by atoms with van der Waals surface area (Å²) in [5.41, 5.74) is 1.28. The number of carbonyl (C=O) groups excluding carboxylic acids is 2. The van der Waals surface area contributed by atoms with E-state index in [0.717, 1.165) is 5.56 Å². The van der Waals surface area contributed by atoms with Crippen LogP contribution >= 0.6 is 0 Å². The number of benzene rings is 1. The molecule has 0 bridgehead atoms. The molecule has 1 unspecified atom stereocenters. The van der Waals surface area contributed by atoms with Gasteiger partial charge in [-0.15, -0.1) is 20.4 Å². The highest BCUT2D eigenvalue weighted by Gasteiger charge is 2.18. The molecule has 0 saturated carbocycles. The summed E-state index contributed by atoms with van der Waals surface area (Å²) in [5.74, 6) is 1.13. The van der Waals surface area contributed by atoms with Gasteiger partial charge in [0.1, 0.15) is 6.61 Å². The van der Waals surface area contributed by atoms with E-state index in [1.807, 2.05) is 6.07 Å². The third-order valence-corrected chi connectivity index (χ3v) is 4.50. The zero-order valence-electron chi connectivity index (χ0n) is 17.3. The van der Waals surface area contributed by atoms with Crippen molar-refractivity contribution in [1.29, 1.82) is 0 Å². The minimum atomic E-state index is -0.816. The highest BCUT2D eigenvalue weighted by atomic mass is 16.5. The van der Waals surface area contributed by atoms with Crippen molar-refractivity contribution in [2.24, 2.45) is 10.2 Å². The van der Waals surface area contributed by atoms with Gasteiger partial charge in [0.25, 0.3) is 11.8 Å². The molecular weight excluding hydrogens is 418 g/mol. The van der Waals surface area contributed by atoms with E-state index in [2.05, 4.69) is 30.8 Å². The Hall–Kier alpha value is -4.35. The Kier molecular flexibility index (Phi) is 6.01. The van der Waals surface area contributed by atoms with Gasteiger partial charge in [-0.1, -0.05) is 0 Å². The molecule has 32 heavy (non-hydrogen) atoms. The minimum absolute atomic E-state index is 0.171. The normalized spacial score (nSPS) is 15.1. The van der Waals surface area contributed by atoms with Gasteiger partial charge in [0, 0.05) is 17.7 Å². The summed E-state index contributed by atoms with van der Waals surface area (Å²) >= 11 is 0. The monoisotopic (exact) mass is 437 g/mol. The molecule has 12 heteroatoms. The Bertz CT molecular complexity index is 1200. The van der Waals surface area contributed by atoms with Gasteiger partial charge in [-0.25, -0.2) is 0 Å². The molecule has 1 aliphatic heterocycles. The summed E-state index contributed by atoms with van der Waals surface area (Å²) in [7, 11) is 3.12. The Morgan fingerprint density at radius 1 is 1.12 bits per heavy atom. The molecule has 164 valence electrons. The molecule has 1 aromatic carbocycles. The van der Waals surface area contributed by atoms with E-state index < -0.39 is 11.9 Å². The Morgan fingerprint density at radius 2 is 1.97 bits per heavy atom. The molecule has 12 nitrogen and oxygen atoms in total. The molecule has 0 fully saturated rings. The first-order valence-corrected chi connectivity index (χ1v) is 9.57. The van der Waals surface area contributed by atoms with Crippen molar-refractivity contribution >= 4 is 17.5 Å². The van der Waals surface area contributed by atoms with Gasteiger partial charge in [0.2, 0.25) is 5.88 Å². The largest absolute Gasteiger partial charge is 0.493 e. The fraction of sp³-hybridized carbons (Fsp3) is 0.250. The van der Waals surface area contributed by atoms with Crippen molar-refractivity contribution < 1.29 is 23.8 Å². The lowest BCUT2D eigenvalue weighted by atomic mass is 10.2. The van der Waals surface area contributed by atoms with Crippen LogP contribution in [-0.2, 0) is 9.59 Å². The molecule has 0 aliphatic carbocycles. The van der Waals surface area contributed by atoms with Crippen LogP contribution < -0.4 is 19.5 Å². The summed E-state index contributed by atoms with van der Waals surface area (Å²) in [6, 6.07) is 7.95. The quantitative estimate of drug-likeness (QED) is 0.519. The Morgan fingerprint density at radius 3 is 2.72 bits per heavy atom. The van der Waals surface area contributed by atoms with E-state index in [9.17, 15) is 9.59 Å². The zero-order valence-corrected chi connectivity index (χ0v) is 17.3. The first kappa shape index (κ1) is 20.9. The van der Waals surface area contributed by atoms with E-state index in [1.165, 1.54) is 12.2 Å². The van der Waals surface area contributed by atoms with Crippen LogP contribution in [0.3, 0.4) is 0 Å². The molecule has 3 heterocycles. The third kappa shape index (κ3) is 4.38. The second-order valence-electron chi connectivity index (χ2n) is 6.53. The van der Waals surface area contributed by atoms with Crippen LogP contribution in [0.25, 0.3) is 17.0 Å². The molecule has 0 radical (unpaired) electrons. The van der Waals surface area contributed by atoms with Crippen LogP contribution in [-0.4, -0.2) is 65.0 Å². The number of hydrogen-bond acceptors (Lipinski definition) is 9. The molecule has 2 amide bonds. The maximum absolute atomic E-state index is 12.0. The summed E-state index contributed by atoms with van der Waals surface area (Å²) in [6.45, 7) is 0.391. The average molecular weight is 437 g/mol. The van der Waals surface area contributed by atoms with E-state index in [4.69, 9.17) is 14.2 Å². The van der Waals surface area contributed by atoms with Crippen LogP contribution in [0, 0.1) is 0 Å². The fourth-order valence-corrected chi connectivity index (χ4v) is 2.94. The number of rotatable bonds is 8. The molecule has 1 aliphatic rings. The standard InChI is InChI=1S/C20H19N7O5/c1-30-14-5-3-12(11-15(14)31-2)19-25-23-16-6-8-18(26-27(16)19)32-10-9-21-20(29)13-4-7-17(28)24-22-13/h3-8,11,13H,9-10H2,1-2H3,(H,21,29). The number of aromatic nitrogens is 4. The fourth-order valence-electron chi connectivity index (χ4n) is 2.94. The van der Waals surface area contributed by atoms with Gasteiger partial charge in [0.15, 0.2) is 29.0 Å². The van der Waals surface area contributed by atoms with Crippen molar-refractivity contribution in [3.63, 3.8) is 0 Å². The number of ether oxygens (including phenoxy) is 3. The summed E-state index contributed by atoms with van der Waals surface area (Å²) in [4.78, 5) is 23.0. The van der Waals surface area contributed by atoms with Crippen molar-refractivity contribution in [2.45, 2.75) is 6.04 Å². The number of amides is 2. The lowest BCUT2D eigenvalue weighted by molar-refractivity contribution is -0.121. The summed E-state index contributed by atoms with van der Waals surface area (Å²) in [6.07, 6.45) is 2.60. The van der Waals surface area contributed by atoms with E-state index in [0.29, 0.717) is 28.9 Å². The smallest absolute Gasteiger partial charge is 0.287 e. The molecule has 1 atom stereocenters. The van der Waals surface area contributed by atoms with Crippen LogP contribution in [0.1, 0.15) is 0 Å². The van der Waals surface area contributed by atoms with Crippen molar-refractivity contribution in [3.8, 4) is 28.8 Å². The van der Waals surface area contributed by atoms with Crippen LogP contribution in [0.15, 0.2) is 52.7 Å². The molecule has 0 saturated heterocycles. The van der Waals surface area contributed by atoms with Crippen molar-refractivity contribution in [3.05, 3.63) is 42.5 Å². The number of methoxy groups -OCH3 is 2. The van der Waals surface area contributed by atoms with Crippen LogP contribution in [0.2, 0.25) is 0 Å². The molecule has 3 aromatic rings. The Labute approximate surface area is 181 Å². The molecular formula is C20H19N7O5. The van der Waals surface area contributed by atoms with E-state index in [1.54, 1.807) is 43.0 Å². The zero-order chi connectivity index (χ0) is 22.5. The SMILES string of the molecule is COc1ccc(-c2nnc3ccc(OCCNC(=O)C4C=CC(=O)N=N4)nn23)cc1OC. The maximum Gasteiger partial charge on any atom is 0.287 e.